The number of amides is 1. The number of rotatable bonds is 5. The lowest BCUT2D eigenvalue weighted by Crippen LogP contribution is -2.46. The number of hydrogen-bond acceptors (Lipinski definition) is 7. The maximum Gasteiger partial charge on any atom is 0.245 e. The predicted octanol–water partition coefficient (Wildman–Crippen LogP) is 0.167. The van der Waals surface area contributed by atoms with E-state index < -0.39 is 10.0 Å². The second-order valence-electron chi connectivity index (χ2n) is 5.67. The van der Waals surface area contributed by atoms with Gasteiger partial charge in [-0.15, -0.1) is 0 Å². The van der Waals surface area contributed by atoms with E-state index in [1.165, 1.54) is 10.4 Å². The molecule has 0 saturated carbocycles. The van der Waals surface area contributed by atoms with Crippen molar-refractivity contribution >= 4 is 38.7 Å². The standard InChI is InChI=1S/C14H19N5O3S2/c15-6-7-16-14(20)10-3-2-8-19(9-10)24(21,22)12-5-1-4-11-13(12)18-23-17-11/h1,4-5,10H,2-3,6-9,15H2,(H,16,20). The summed E-state index contributed by atoms with van der Waals surface area (Å²) in [5.74, 6) is -0.498. The Morgan fingerprint density at radius 1 is 1.42 bits per heavy atom. The average Bonchev–Trinajstić information content (AvgIpc) is 3.08. The highest BCUT2D eigenvalue weighted by molar-refractivity contribution is 7.89. The minimum Gasteiger partial charge on any atom is -0.355 e. The first kappa shape index (κ1) is 17.2. The molecule has 1 fully saturated rings. The van der Waals surface area contributed by atoms with Gasteiger partial charge in [0, 0.05) is 26.2 Å². The Labute approximate surface area is 144 Å². The molecule has 2 heterocycles. The number of nitrogens with one attached hydrogen (secondary N) is 1. The summed E-state index contributed by atoms with van der Waals surface area (Å²) in [6.07, 6.45) is 1.32. The Bertz CT molecular complexity index is 836. The Hall–Kier alpha value is -1.62. The third kappa shape index (κ3) is 3.27. The number of carbonyl (C=O) groups is 1. The van der Waals surface area contributed by atoms with E-state index in [1.807, 2.05) is 0 Å². The van der Waals surface area contributed by atoms with Crippen molar-refractivity contribution in [3.63, 3.8) is 0 Å². The Balaban J connectivity index is 1.84. The molecule has 0 radical (unpaired) electrons. The van der Waals surface area contributed by atoms with Gasteiger partial charge in [0.15, 0.2) is 0 Å². The summed E-state index contributed by atoms with van der Waals surface area (Å²) in [6, 6.07) is 4.93. The highest BCUT2D eigenvalue weighted by Crippen LogP contribution is 2.28. The normalized spacial score (nSPS) is 19.5. The molecule has 1 aromatic heterocycles. The number of carbonyl (C=O) groups excluding carboxylic acids is 1. The zero-order valence-corrected chi connectivity index (χ0v) is 14.6. The second-order valence-corrected chi connectivity index (χ2v) is 8.10. The zero-order valence-electron chi connectivity index (χ0n) is 13.0. The second kappa shape index (κ2) is 7.09. The highest BCUT2D eigenvalue weighted by atomic mass is 32.2. The van der Waals surface area contributed by atoms with Crippen LogP contribution >= 0.6 is 11.7 Å². The van der Waals surface area contributed by atoms with Gasteiger partial charge in [0.1, 0.15) is 15.9 Å². The van der Waals surface area contributed by atoms with E-state index in [0.29, 0.717) is 43.5 Å². The van der Waals surface area contributed by atoms with Crippen LogP contribution in [0.1, 0.15) is 12.8 Å². The monoisotopic (exact) mass is 369 g/mol. The maximum absolute atomic E-state index is 13.0. The first-order chi connectivity index (χ1) is 11.5. The van der Waals surface area contributed by atoms with Crippen LogP contribution in [0.3, 0.4) is 0 Å². The van der Waals surface area contributed by atoms with Crippen LogP contribution in [0.2, 0.25) is 0 Å². The van der Waals surface area contributed by atoms with Gasteiger partial charge in [-0.1, -0.05) is 6.07 Å². The molecule has 24 heavy (non-hydrogen) atoms. The van der Waals surface area contributed by atoms with Crippen LogP contribution < -0.4 is 11.1 Å². The first-order valence-electron chi connectivity index (χ1n) is 7.73. The summed E-state index contributed by atoms with van der Waals surface area (Å²) in [5.41, 5.74) is 6.34. The Morgan fingerprint density at radius 2 is 2.25 bits per heavy atom. The van der Waals surface area contributed by atoms with Crippen LogP contribution in [-0.2, 0) is 14.8 Å². The van der Waals surface area contributed by atoms with E-state index >= 15 is 0 Å². The number of fused-ring (bicyclic) bond motifs is 1. The van der Waals surface area contributed by atoms with Crippen molar-refractivity contribution in [2.24, 2.45) is 11.7 Å². The topological polar surface area (TPSA) is 118 Å². The van der Waals surface area contributed by atoms with Gasteiger partial charge < -0.3 is 11.1 Å². The van der Waals surface area contributed by atoms with Gasteiger partial charge in [-0.25, -0.2) is 8.42 Å². The van der Waals surface area contributed by atoms with E-state index in [4.69, 9.17) is 5.73 Å². The van der Waals surface area contributed by atoms with Gasteiger partial charge in [-0.05, 0) is 25.0 Å². The summed E-state index contributed by atoms with van der Waals surface area (Å²) < 4.78 is 35.5. The van der Waals surface area contributed by atoms with Crippen molar-refractivity contribution in [2.45, 2.75) is 17.7 Å². The third-order valence-electron chi connectivity index (χ3n) is 4.07. The lowest BCUT2D eigenvalue weighted by Gasteiger charge is -2.31. The molecule has 0 spiro atoms. The average molecular weight is 369 g/mol. The van der Waals surface area contributed by atoms with E-state index in [2.05, 4.69) is 14.1 Å². The SMILES string of the molecule is NCCNC(=O)C1CCCN(S(=O)(=O)c2cccc3nsnc23)C1. The van der Waals surface area contributed by atoms with Crippen LogP contribution in [0, 0.1) is 5.92 Å². The van der Waals surface area contributed by atoms with Crippen molar-refractivity contribution in [2.75, 3.05) is 26.2 Å². The molecule has 1 saturated heterocycles. The van der Waals surface area contributed by atoms with Crippen LogP contribution in [0.4, 0.5) is 0 Å². The molecule has 3 rings (SSSR count). The van der Waals surface area contributed by atoms with E-state index in [0.717, 1.165) is 11.7 Å². The van der Waals surface area contributed by atoms with Crippen LogP contribution in [0.15, 0.2) is 23.1 Å². The number of nitrogens with zero attached hydrogens (tertiary/aromatic N) is 3. The largest absolute Gasteiger partial charge is 0.355 e. The van der Waals surface area contributed by atoms with Crippen LogP contribution in [0.25, 0.3) is 11.0 Å². The number of sulfonamides is 1. The lowest BCUT2D eigenvalue weighted by atomic mass is 9.99. The van der Waals surface area contributed by atoms with E-state index in [9.17, 15) is 13.2 Å². The fourth-order valence-corrected chi connectivity index (χ4v) is 5.12. The molecule has 3 N–H and O–H groups in total. The van der Waals surface area contributed by atoms with Gasteiger partial charge in [-0.3, -0.25) is 4.79 Å². The maximum atomic E-state index is 13.0. The highest BCUT2D eigenvalue weighted by Gasteiger charge is 2.34. The number of piperidine rings is 1. The lowest BCUT2D eigenvalue weighted by molar-refractivity contribution is -0.126. The molecule has 10 heteroatoms. The van der Waals surface area contributed by atoms with Crippen molar-refractivity contribution in [1.82, 2.24) is 18.4 Å². The molecule has 2 aromatic rings. The number of hydrogen-bond donors (Lipinski definition) is 2. The van der Waals surface area contributed by atoms with Gasteiger partial charge in [0.2, 0.25) is 15.9 Å². The molecule has 0 aliphatic carbocycles. The van der Waals surface area contributed by atoms with Crippen molar-refractivity contribution < 1.29 is 13.2 Å². The van der Waals surface area contributed by atoms with Crippen molar-refractivity contribution in [3.8, 4) is 0 Å². The van der Waals surface area contributed by atoms with E-state index in [1.54, 1.807) is 12.1 Å². The fourth-order valence-electron chi connectivity index (χ4n) is 2.84. The minimum atomic E-state index is -3.71. The quantitative estimate of drug-likeness (QED) is 0.775. The molecule has 1 aliphatic heterocycles. The number of benzene rings is 1. The molecule has 1 unspecified atom stereocenters. The zero-order chi connectivity index (χ0) is 17.2. The number of aromatic nitrogens is 2. The Kier molecular flexibility index (Phi) is 5.09. The fraction of sp³-hybridized carbons (Fsp3) is 0.500. The molecule has 0 bridgehead atoms. The summed E-state index contributed by atoms with van der Waals surface area (Å²) in [6.45, 7) is 1.33. The minimum absolute atomic E-state index is 0.145. The molecule has 1 aliphatic rings. The van der Waals surface area contributed by atoms with Gasteiger partial charge >= 0.3 is 0 Å². The molecule has 1 atom stereocenters. The smallest absolute Gasteiger partial charge is 0.245 e. The van der Waals surface area contributed by atoms with Crippen LogP contribution in [0.5, 0.6) is 0 Å². The third-order valence-corrected chi connectivity index (χ3v) is 6.50. The van der Waals surface area contributed by atoms with Gasteiger partial charge in [-0.2, -0.15) is 13.1 Å². The van der Waals surface area contributed by atoms with Crippen molar-refractivity contribution in [3.05, 3.63) is 18.2 Å². The van der Waals surface area contributed by atoms with E-state index in [-0.39, 0.29) is 23.3 Å². The first-order valence-corrected chi connectivity index (χ1v) is 9.90. The van der Waals surface area contributed by atoms with Gasteiger partial charge in [0.25, 0.3) is 0 Å². The molecule has 8 nitrogen and oxygen atoms in total. The predicted molar refractivity (Wildman–Crippen MR) is 91.0 cm³/mol. The van der Waals surface area contributed by atoms with Gasteiger partial charge in [0.05, 0.1) is 17.6 Å². The molecule has 1 amide bonds. The number of nitrogens with two attached hydrogens (primary N) is 1. The molecule has 130 valence electrons. The van der Waals surface area contributed by atoms with Crippen LogP contribution in [-0.4, -0.2) is 53.6 Å². The molecular weight excluding hydrogens is 350 g/mol. The summed E-state index contributed by atoms with van der Waals surface area (Å²) in [4.78, 5) is 12.3. The summed E-state index contributed by atoms with van der Waals surface area (Å²) >= 11 is 0.985. The summed E-state index contributed by atoms with van der Waals surface area (Å²) in [7, 11) is -3.71. The van der Waals surface area contributed by atoms with Crippen molar-refractivity contribution in [1.29, 1.82) is 0 Å². The Morgan fingerprint density at radius 3 is 3.04 bits per heavy atom. The molecule has 1 aromatic carbocycles. The molecular formula is C14H19N5O3S2. The summed E-state index contributed by atoms with van der Waals surface area (Å²) in [5, 5.41) is 2.73.